The maximum Gasteiger partial charge on any atom is 0.255 e. The van der Waals surface area contributed by atoms with Crippen LogP contribution in [0.5, 0.6) is 0 Å². The highest BCUT2D eigenvalue weighted by atomic mass is 19.1. The van der Waals surface area contributed by atoms with Crippen LogP contribution < -0.4 is 5.32 Å². The van der Waals surface area contributed by atoms with Gasteiger partial charge >= 0.3 is 0 Å². The normalized spacial score (nSPS) is 27.3. The van der Waals surface area contributed by atoms with Gasteiger partial charge in [0.1, 0.15) is 17.2 Å². The molecule has 1 aliphatic carbocycles. The lowest BCUT2D eigenvalue weighted by molar-refractivity contribution is -0.133. The first-order valence-electron chi connectivity index (χ1n) is 7.82. The summed E-state index contributed by atoms with van der Waals surface area (Å²) in [5.41, 5.74) is -0.213. The van der Waals surface area contributed by atoms with Crippen LogP contribution in [0.1, 0.15) is 32.6 Å². The first kappa shape index (κ1) is 15.6. The molecule has 1 saturated carbocycles. The molecule has 122 valence electrons. The molecule has 1 aliphatic heterocycles. The lowest BCUT2D eigenvalue weighted by Crippen LogP contribution is -2.44. The van der Waals surface area contributed by atoms with Crippen molar-refractivity contribution in [3.8, 4) is 0 Å². The predicted octanol–water partition coefficient (Wildman–Crippen LogP) is 2.58. The molecule has 2 aliphatic rings. The Kier molecular flexibility index (Phi) is 3.92. The Morgan fingerprint density at radius 1 is 1.39 bits per heavy atom. The van der Waals surface area contributed by atoms with Gasteiger partial charge in [-0.1, -0.05) is 6.07 Å². The van der Waals surface area contributed by atoms with Gasteiger partial charge in [0.2, 0.25) is 5.91 Å². The van der Waals surface area contributed by atoms with Gasteiger partial charge in [-0.3, -0.25) is 14.6 Å². The van der Waals surface area contributed by atoms with Crippen molar-refractivity contribution in [3.63, 3.8) is 0 Å². The fraction of sp³-hybridized carbons (Fsp3) is 0.471. The van der Waals surface area contributed by atoms with Crippen molar-refractivity contribution in [2.24, 2.45) is 10.9 Å². The number of amidine groups is 1. The topological polar surface area (TPSA) is 61.8 Å². The Bertz CT molecular complexity index is 678. The molecule has 1 fully saturated rings. The van der Waals surface area contributed by atoms with Crippen LogP contribution in [0.25, 0.3) is 0 Å². The van der Waals surface area contributed by atoms with Crippen LogP contribution in [0.2, 0.25) is 0 Å². The van der Waals surface area contributed by atoms with Gasteiger partial charge in [0.05, 0.1) is 0 Å². The minimum atomic E-state index is -0.672. The molecule has 6 heteroatoms. The fourth-order valence-corrected chi connectivity index (χ4v) is 3.39. The van der Waals surface area contributed by atoms with Gasteiger partial charge < -0.3 is 10.2 Å². The molecule has 0 atom stereocenters. The zero-order valence-electron chi connectivity index (χ0n) is 13.3. The molecular formula is C17H20FN3O2. The molecule has 1 aromatic carbocycles. The number of hydrogen-bond acceptors (Lipinski definition) is 3. The van der Waals surface area contributed by atoms with Gasteiger partial charge in [-0.05, 0) is 50.8 Å². The lowest BCUT2D eigenvalue weighted by atomic mass is 9.76. The van der Waals surface area contributed by atoms with Gasteiger partial charge in [0.15, 0.2) is 0 Å². The standard InChI is InChI=1S/C17H20FN3O2/c1-11-20-17(16(23)21(11)2)8-6-12(7-9-17)15(22)19-14-5-3-4-13(18)10-14/h3-5,10,12H,6-9H2,1-2H3,(H,19,22). The van der Waals surface area contributed by atoms with Gasteiger partial charge in [0.25, 0.3) is 5.91 Å². The number of amides is 2. The van der Waals surface area contributed by atoms with E-state index in [4.69, 9.17) is 0 Å². The summed E-state index contributed by atoms with van der Waals surface area (Å²) in [5.74, 6) is 0.0921. The summed E-state index contributed by atoms with van der Waals surface area (Å²) in [6.45, 7) is 1.83. The average Bonchev–Trinajstić information content (AvgIpc) is 2.72. The van der Waals surface area contributed by atoms with Gasteiger partial charge in [0, 0.05) is 18.7 Å². The molecule has 1 aromatic rings. The summed E-state index contributed by atoms with van der Waals surface area (Å²) in [6, 6.07) is 5.85. The van der Waals surface area contributed by atoms with Gasteiger partial charge in [-0.2, -0.15) is 0 Å². The number of carbonyl (C=O) groups is 2. The van der Waals surface area contributed by atoms with Crippen LogP contribution in [0.4, 0.5) is 10.1 Å². The molecular weight excluding hydrogens is 297 g/mol. The molecule has 2 amide bonds. The summed E-state index contributed by atoms with van der Waals surface area (Å²) >= 11 is 0. The van der Waals surface area contributed by atoms with Gasteiger partial charge in [-0.25, -0.2) is 4.39 Å². The zero-order valence-corrected chi connectivity index (χ0v) is 13.3. The minimum Gasteiger partial charge on any atom is -0.326 e. The predicted molar refractivity (Wildman–Crippen MR) is 85.6 cm³/mol. The molecule has 0 unspecified atom stereocenters. The SMILES string of the molecule is CC1=NC2(CCC(C(=O)Nc3cccc(F)c3)CC2)C(=O)N1C. The molecule has 1 heterocycles. The molecule has 0 radical (unpaired) electrons. The Balaban J connectivity index is 1.63. The van der Waals surface area contributed by atoms with Crippen molar-refractivity contribution < 1.29 is 14.0 Å². The first-order chi connectivity index (χ1) is 10.9. The molecule has 1 spiro atoms. The van der Waals surface area contributed by atoms with Crippen molar-refractivity contribution in [1.82, 2.24) is 4.90 Å². The van der Waals surface area contributed by atoms with Crippen molar-refractivity contribution in [2.45, 2.75) is 38.1 Å². The maximum atomic E-state index is 13.2. The zero-order chi connectivity index (χ0) is 16.6. The van der Waals surface area contributed by atoms with E-state index in [9.17, 15) is 14.0 Å². The Morgan fingerprint density at radius 3 is 2.65 bits per heavy atom. The molecule has 23 heavy (non-hydrogen) atoms. The van der Waals surface area contributed by atoms with Crippen molar-refractivity contribution in [3.05, 3.63) is 30.1 Å². The number of carbonyl (C=O) groups excluding carboxylic acids is 2. The quantitative estimate of drug-likeness (QED) is 0.911. The molecule has 0 bridgehead atoms. The Morgan fingerprint density at radius 2 is 2.09 bits per heavy atom. The van der Waals surface area contributed by atoms with E-state index < -0.39 is 5.54 Å². The van der Waals surface area contributed by atoms with E-state index in [1.165, 1.54) is 12.1 Å². The number of nitrogens with one attached hydrogen (secondary N) is 1. The third-order valence-electron chi connectivity index (χ3n) is 4.84. The summed E-state index contributed by atoms with van der Waals surface area (Å²) < 4.78 is 13.2. The molecule has 3 rings (SSSR count). The van der Waals surface area contributed by atoms with Crippen molar-refractivity contribution in [2.75, 3.05) is 12.4 Å². The monoisotopic (exact) mass is 317 g/mol. The highest BCUT2D eigenvalue weighted by Gasteiger charge is 2.48. The van der Waals surface area contributed by atoms with E-state index in [1.54, 1.807) is 24.1 Å². The van der Waals surface area contributed by atoms with E-state index in [1.807, 2.05) is 6.92 Å². The van der Waals surface area contributed by atoms with Crippen molar-refractivity contribution >= 4 is 23.3 Å². The third kappa shape index (κ3) is 2.85. The van der Waals surface area contributed by atoms with Crippen LogP contribution in [-0.4, -0.2) is 35.1 Å². The Labute approximate surface area is 134 Å². The number of aliphatic imine (C=N–C) groups is 1. The first-order valence-corrected chi connectivity index (χ1v) is 7.82. The highest BCUT2D eigenvalue weighted by molar-refractivity contribution is 6.07. The molecule has 5 nitrogen and oxygen atoms in total. The van der Waals surface area contributed by atoms with Crippen LogP contribution in [0.15, 0.2) is 29.3 Å². The summed E-state index contributed by atoms with van der Waals surface area (Å²) in [7, 11) is 1.73. The van der Waals surface area contributed by atoms with Crippen molar-refractivity contribution in [1.29, 1.82) is 0 Å². The van der Waals surface area contributed by atoms with Crippen LogP contribution in [0.3, 0.4) is 0 Å². The van der Waals surface area contributed by atoms with Crippen LogP contribution >= 0.6 is 0 Å². The summed E-state index contributed by atoms with van der Waals surface area (Å²) in [4.78, 5) is 30.8. The van der Waals surface area contributed by atoms with Crippen LogP contribution in [-0.2, 0) is 9.59 Å². The summed E-state index contributed by atoms with van der Waals surface area (Å²) in [6.07, 6.45) is 2.37. The molecule has 0 aromatic heterocycles. The van der Waals surface area contributed by atoms with E-state index >= 15 is 0 Å². The Hall–Kier alpha value is -2.24. The third-order valence-corrected chi connectivity index (χ3v) is 4.84. The van der Waals surface area contributed by atoms with E-state index in [0.717, 1.165) is 5.84 Å². The van der Waals surface area contributed by atoms with E-state index in [0.29, 0.717) is 31.4 Å². The van der Waals surface area contributed by atoms with Gasteiger partial charge in [-0.15, -0.1) is 0 Å². The minimum absolute atomic E-state index is 0.0268. The average molecular weight is 317 g/mol. The maximum absolute atomic E-state index is 13.2. The van der Waals surface area contributed by atoms with E-state index in [2.05, 4.69) is 10.3 Å². The number of rotatable bonds is 2. The van der Waals surface area contributed by atoms with Crippen LogP contribution in [0, 0.1) is 11.7 Å². The second-order valence-electron chi connectivity index (χ2n) is 6.33. The number of benzene rings is 1. The largest absolute Gasteiger partial charge is 0.326 e. The number of anilines is 1. The van der Waals surface area contributed by atoms with E-state index in [-0.39, 0.29) is 23.5 Å². The molecule has 0 saturated heterocycles. The smallest absolute Gasteiger partial charge is 0.255 e. The second-order valence-corrected chi connectivity index (χ2v) is 6.33. The number of nitrogens with zero attached hydrogens (tertiary/aromatic N) is 2. The second kappa shape index (κ2) is 5.76. The number of likely N-dealkylation sites (N-methyl/N-ethyl adjacent to an activating group) is 1. The summed E-state index contributed by atoms with van der Waals surface area (Å²) in [5, 5.41) is 2.75. The highest BCUT2D eigenvalue weighted by Crippen LogP contribution is 2.39. The number of halogens is 1. The lowest BCUT2D eigenvalue weighted by Gasteiger charge is -2.32. The number of hydrogen-bond donors (Lipinski definition) is 1. The fourth-order valence-electron chi connectivity index (χ4n) is 3.39. The molecule has 1 N–H and O–H groups in total.